The van der Waals surface area contributed by atoms with Gasteiger partial charge >= 0.3 is 0 Å². The van der Waals surface area contributed by atoms with Gasteiger partial charge in [0.1, 0.15) is 5.84 Å². The van der Waals surface area contributed by atoms with Crippen LogP contribution in [0.1, 0.15) is 11.0 Å². The van der Waals surface area contributed by atoms with Crippen LogP contribution in [0.15, 0.2) is 63.3 Å². The molecule has 3 nitrogen and oxygen atoms in total. The molecule has 0 amide bonds. The lowest BCUT2D eigenvalue weighted by molar-refractivity contribution is 0.358. The molecule has 106 valence electrons. The van der Waals surface area contributed by atoms with Crippen molar-refractivity contribution >= 4 is 23.3 Å². The molecule has 0 radical (unpaired) electrons. The second-order valence-corrected chi connectivity index (χ2v) is 5.92. The van der Waals surface area contributed by atoms with E-state index >= 15 is 0 Å². The molecule has 2 heterocycles. The monoisotopic (exact) mass is 299 g/mol. The smallest absolute Gasteiger partial charge is 0.137 e. The molecule has 2 aromatic carbocycles. The SMILES string of the molecule is [2H]C1([2H])CN(C2=Nc3ccccc3Sc3ccccc32)CC([2H])([2H])N1. The number of hydrogen-bond acceptors (Lipinski definition) is 4. The predicted molar refractivity (Wildman–Crippen MR) is 87.6 cm³/mol. The molecule has 0 aromatic heterocycles. The molecule has 4 heteroatoms. The summed E-state index contributed by atoms with van der Waals surface area (Å²) in [5.74, 6) is 0.613. The fourth-order valence-electron chi connectivity index (χ4n) is 2.45. The number of aliphatic imine (C=N–C) groups is 1. The van der Waals surface area contributed by atoms with E-state index < -0.39 is 13.0 Å². The van der Waals surface area contributed by atoms with Gasteiger partial charge in [-0.3, -0.25) is 0 Å². The summed E-state index contributed by atoms with van der Waals surface area (Å²) < 4.78 is 32.1. The maximum Gasteiger partial charge on any atom is 0.137 e. The first-order valence-electron chi connectivity index (χ1n) is 8.82. The Morgan fingerprint density at radius 3 is 2.57 bits per heavy atom. The lowest BCUT2D eigenvalue weighted by Crippen LogP contribution is -2.46. The zero-order valence-corrected chi connectivity index (χ0v) is 12.2. The van der Waals surface area contributed by atoms with Gasteiger partial charge in [0.15, 0.2) is 0 Å². The Morgan fingerprint density at radius 1 is 1.00 bits per heavy atom. The quantitative estimate of drug-likeness (QED) is 0.810. The first kappa shape index (κ1) is 9.28. The maximum absolute atomic E-state index is 8.03. The first-order chi connectivity index (χ1) is 11.8. The topological polar surface area (TPSA) is 27.6 Å². The molecule has 0 atom stereocenters. The minimum atomic E-state index is -1.84. The third-order valence-electron chi connectivity index (χ3n) is 3.46. The van der Waals surface area contributed by atoms with Crippen molar-refractivity contribution in [3.8, 4) is 0 Å². The number of piperazine rings is 1. The average Bonchev–Trinajstić information content (AvgIpc) is 2.68. The summed E-state index contributed by atoms with van der Waals surface area (Å²) in [6.45, 7) is -3.60. The Labute approximate surface area is 134 Å². The lowest BCUT2D eigenvalue weighted by Gasteiger charge is -2.30. The molecular weight excluding hydrogens is 278 g/mol. The van der Waals surface area contributed by atoms with Crippen LogP contribution in [-0.2, 0) is 0 Å². The van der Waals surface area contributed by atoms with Gasteiger partial charge in [-0.25, -0.2) is 4.99 Å². The highest BCUT2D eigenvalue weighted by Gasteiger charge is 2.22. The molecule has 0 spiro atoms. The minimum absolute atomic E-state index is 0.0342. The zero-order valence-electron chi connectivity index (χ0n) is 15.3. The van der Waals surface area contributed by atoms with Crippen LogP contribution in [0.5, 0.6) is 0 Å². The van der Waals surface area contributed by atoms with E-state index in [1.807, 2.05) is 48.5 Å². The predicted octanol–water partition coefficient (Wildman–Crippen LogP) is 3.13. The number of nitrogens with one attached hydrogen (secondary N) is 1. The molecule has 1 saturated heterocycles. The van der Waals surface area contributed by atoms with Gasteiger partial charge < -0.3 is 10.2 Å². The molecule has 21 heavy (non-hydrogen) atoms. The van der Waals surface area contributed by atoms with Gasteiger partial charge in [-0.15, -0.1) is 0 Å². The number of para-hydroxylation sites is 1. The van der Waals surface area contributed by atoms with Crippen LogP contribution in [0.2, 0.25) is 0 Å². The van der Waals surface area contributed by atoms with Crippen molar-refractivity contribution in [1.82, 2.24) is 10.2 Å². The minimum Gasteiger partial charge on any atom is -0.354 e. The molecule has 0 saturated carbocycles. The van der Waals surface area contributed by atoms with Crippen molar-refractivity contribution in [2.45, 2.75) is 9.79 Å². The van der Waals surface area contributed by atoms with E-state index in [0.29, 0.717) is 5.84 Å². The summed E-state index contributed by atoms with van der Waals surface area (Å²) in [7, 11) is 0. The Hall–Kier alpha value is -1.78. The van der Waals surface area contributed by atoms with Gasteiger partial charge in [0.2, 0.25) is 0 Å². The van der Waals surface area contributed by atoms with E-state index in [2.05, 4.69) is 5.32 Å². The standard InChI is InChI=1S/C17H17N3S/c1-3-7-15-13(5-1)17(20-11-9-18-10-12-20)19-14-6-2-4-8-16(14)21-15/h1-8,18H,9-12H2/i9D2,10D2. The molecule has 1 N–H and O–H groups in total. The normalized spacial score (nSPS) is 25.1. The first-order valence-corrected chi connectivity index (χ1v) is 7.64. The molecule has 2 aliphatic rings. The highest BCUT2D eigenvalue weighted by Crippen LogP contribution is 2.40. The number of hydrogen-bond donors (Lipinski definition) is 1. The van der Waals surface area contributed by atoms with Gasteiger partial charge in [-0.05, 0) is 18.2 Å². The van der Waals surface area contributed by atoms with Crippen LogP contribution in [0.3, 0.4) is 0 Å². The fraction of sp³-hybridized carbons (Fsp3) is 0.235. The highest BCUT2D eigenvalue weighted by atomic mass is 32.2. The summed E-state index contributed by atoms with van der Waals surface area (Å²) in [5.41, 5.74) is 1.72. The van der Waals surface area contributed by atoms with Gasteiger partial charge in [0.05, 0.1) is 5.69 Å². The number of amidine groups is 1. The van der Waals surface area contributed by atoms with Crippen LogP contribution in [0.4, 0.5) is 5.69 Å². The number of fused-ring (bicyclic) bond motifs is 2. The van der Waals surface area contributed by atoms with Crippen molar-refractivity contribution in [3.63, 3.8) is 0 Å². The van der Waals surface area contributed by atoms with Crippen molar-refractivity contribution in [3.05, 3.63) is 54.1 Å². The van der Waals surface area contributed by atoms with Crippen molar-refractivity contribution in [2.24, 2.45) is 4.99 Å². The molecule has 2 aliphatic heterocycles. The Morgan fingerprint density at radius 2 is 1.71 bits per heavy atom. The third kappa shape index (κ3) is 2.45. The van der Waals surface area contributed by atoms with Crippen molar-refractivity contribution in [1.29, 1.82) is 0 Å². The molecule has 0 aliphatic carbocycles. The zero-order chi connectivity index (χ0) is 17.7. The highest BCUT2D eigenvalue weighted by molar-refractivity contribution is 7.99. The van der Waals surface area contributed by atoms with Crippen LogP contribution < -0.4 is 5.32 Å². The number of nitrogens with zero attached hydrogens (tertiary/aromatic N) is 2. The number of benzene rings is 2. The van der Waals surface area contributed by atoms with E-state index in [0.717, 1.165) is 21.0 Å². The largest absolute Gasteiger partial charge is 0.354 e. The second-order valence-electron chi connectivity index (χ2n) is 4.84. The molecule has 1 fully saturated rings. The molecule has 0 bridgehead atoms. The van der Waals surface area contributed by atoms with E-state index in [4.69, 9.17) is 10.5 Å². The van der Waals surface area contributed by atoms with E-state index in [-0.39, 0.29) is 13.1 Å². The number of rotatable bonds is 0. The summed E-state index contributed by atoms with van der Waals surface area (Å²) >= 11 is 1.63. The molecular formula is C17H17N3S. The third-order valence-corrected chi connectivity index (χ3v) is 4.60. The summed E-state index contributed by atoms with van der Waals surface area (Å²) in [6, 6.07) is 15.7. The van der Waals surface area contributed by atoms with Crippen molar-refractivity contribution in [2.75, 3.05) is 26.1 Å². The van der Waals surface area contributed by atoms with Gasteiger partial charge in [-0.1, -0.05) is 42.1 Å². The summed E-state index contributed by atoms with van der Waals surface area (Å²) in [4.78, 5) is 8.57. The Kier molecular flexibility index (Phi) is 2.45. The Bertz CT molecular complexity index is 837. The van der Waals surface area contributed by atoms with E-state index in [9.17, 15) is 0 Å². The second kappa shape index (κ2) is 5.54. The van der Waals surface area contributed by atoms with Crippen LogP contribution in [0, 0.1) is 0 Å². The summed E-state index contributed by atoms with van der Waals surface area (Å²) in [6.07, 6.45) is 0. The van der Waals surface area contributed by atoms with Gasteiger partial charge in [-0.2, -0.15) is 0 Å². The van der Waals surface area contributed by atoms with E-state index in [1.165, 1.54) is 0 Å². The summed E-state index contributed by atoms with van der Waals surface area (Å²) in [5, 5.41) is 2.42. The fourth-order valence-corrected chi connectivity index (χ4v) is 3.47. The average molecular weight is 299 g/mol. The molecule has 2 aromatic rings. The van der Waals surface area contributed by atoms with Crippen LogP contribution in [0.25, 0.3) is 0 Å². The van der Waals surface area contributed by atoms with Crippen molar-refractivity contribution < 1.29 is 5.48 Å². The Balaban J connectivity index is 1.86. The van der Waals surface area contributed by atoms with Crippen LogP contribution in [-0.4, -0.2) is 36.8 Å². The maximum atomic E-state index is 8.03. The van der Waals surface area contributed by atoms with E-state index in [1.54, 1.807) is 16.7 Å². The van der Waals surface area contributed by atoms with Gasteiger partial charge in [0.25, 0.3) is 0 Å². The van der Waals surface area contributed by atoms with Crippen LogP contribution >= 0.6 is 11.8 Å². The lowest BCUT2D eigenvalue weighted by atomic mass is 10.1. The van der Waals surface area contributed by atoms with Gasteiger partial charge in [0, 0.05) is 46.9 Å². The molecule has 0 unspecified atom stereocenters. The molecule has 4 rings (SSSR count).